The molecule has 1 aromatic rings. The molecule has 0 fully saturated rings. The molecule has 2 N–H and O–H groups in total. The molecule has 5 heteroatoms. The summed E-state index contributed by atoms with van der Waals surface area (Å²) in [5.41, 5.74) is 0.988. The minimum atomic E-state index is -0.497. The van der Waals surface area contributed by atoms with Crippen LogP contribution in [0.4, 0.5) is 4.79 Å². The van der Waals surface area contributed by atoms with Crippen LogP contribution in [0, 0.1) is 6.92 Å². The van der Waals surface area contributed by atoms with Crippen molar-refractivity contribution >= 4 is 17.7 Å². The molecule has 0 unspecified atom stereocenters. The molecule has 0 aliphatic heterocycles. The average molecular weight is 243 g/mol. The van der Waals surface area contributed by atoms with E-state index in [1.54, 1.807) is 12.1 Å². The fraction of sp³-hybridized carbons (Fsp3) is 0.364. The summed E-state index contributed by atoms with van der Waals surface area (Å²) >= 11 is 5.88. The lowest BCUT2D eigenvalue weighted by Gasteiger charge is -2.08. The smallest absolute Gasteiger partial charge is 0.409 e. The van der Waals surface area contributed by atoms with Gasteiger partial charge < -0.3 is 15.4 Å². The van der Waals surface area contributed by atoms with Crippen molar-refractivity contribution in [3.63, 3.8) is 0 Å². The lowest BCUT2D eigenvalue weighted by molar-refractivity contribution is 0.200. The predicted molar refractivity (Wildman–Crippen MR) is 64.1 cm³/mol. The van der Waals surface area contributed by atoms with Gasteiger partial charge in [-0.1, -0.05) is 17.7 Å². The number of amides is 1. The molecule has 4 nitrogen and oxygen atoms in total. The van der Waals surface area contributed by atoms with Crippen molar-refractivity contribution in [1.82, 2.24) is 10.6 Å². The molecule has 0 radical (unpaired) electrons. The van der Waals surface area contributed by atoms with E-state index in [9.17, 15) is 4.79 Å². The average Bonchev–Trinajstić information content (AvgIpc) is 2.24. The summed E-state index contributed by atoms with van der Waals surface area (Å²) in [4.78, 5) is 11.3. The van der Waals surface area contributed by atoms with Crippen LogP contribution < -0.4 is 15.4 Å². The van der Waals surface area contributed by atoms with E-state index < -0.39 is 6.09 Å². The number of rotatable bonds is 4. The monoisotopic (exact) mass is 242 g/mol. The summed E-state index contributed by atoms with van der Waals surface area (Å²) in [6.07, 6.45) is -0.497. The molecule has 0 bridgehead atoms. The second-order valence-electron chi connectivity index (χ2n) is 3.35. The molecule has 1 amide bonds. The van der Waals surface area contributed by atoms with Gasteiger partial charge in [0.2, 0.25) is 0 Å². The second-order valence-corrected chi connectivity index (χ2v) is 3.76. The van der Waals surface area contributed by atoms with Gasteiger partial charge in [-0.15, -0.1) is 0 Å². The number of likely N-dealkylation sites (N-methyl/N-ethyl adjacent to an activating group) is 1. The fourth-order valence-electron chi connectivity index (χ4n) is 1.11. The summed E-state index contributed by atoms with van der Waals surface area (Å²) in [5, 5.41) is 5.93. The molecule has 0 aliphatic carbocycles. The molecule has 16 heavy (non-hydrogen) atoms. The van der Waals surface area contributed by atoms with E-state index in [1.807, 2.05) is 20.0 Å². The molecule has 0 heterocycles. The highest BCUT2D eigenvalue weighted by atomic mass is 35.5. The summed E-state index contributed by atoms with van der Waals surface area (Å²) < 4.78 is 5.06. The molecule has 0 atom stereocenters. The molecule has 0 aromatic heterocycles. The van der Waals surface area contributed by atoms with E-state index in [-0.39, 0.29) is 0 Å². The van der Waals surface area contributed by atoms with Crippen LogP contribution in [-0.4, -0.2) is 26.2 Å². The topological polar surface area (TPSA) is 50.4 Å². The Bertz CT molecular complexity index is 369. The minimum absolute atomic E-state index is 0.378. The molecule has 0 aliphatic rings. The van der Waals surface area contributed by atoms with Crippen LogP contribution in [0.3, 0.4) is 0 Å². The molecule has 88 valence electrons. The third kappa shape index (κ3) is 4.08. The summed E-state index contributed by atoms with van der Waals surface area (Å²) in [6.45, 7) is 3.11. The van der Waals surface area contributed by atoms with E-state index in [2.05, 4.69) is 10.6 Å². The van der Waals surface area contributed by atoms with Gasteiger partial charge in [-0.25, -0.2) is 4.79 Å². The van der Waals surface area contributed by atoms with Crippen LogP contribution in [0.1, 0.15) is 5.56 Å². The maximum Gasteiger partial charge on any atom is 0.412 e. The number of benzene rings is 1. The van der Waals surface area contributed by atoms with E-state index in [1.165, 1.54) is 0 Å². The zero-order valence-corrected chi connectivity index (χ0v) is 10.1. The number of ether oxygens (including phenoxy) is 1. The first-order valence-corrected chi connectivity index (χ1v) is 5.37. The summed E-state index contributed by atoms with van der Waals surface area (Å²) in [6, 6.07) is 5.28. The lowest BCUT2D eigenvalue weighted by Crippen LogP contribution is -2.32. The van der Waals surface area contributed by atoms with Crippen molar-refractivity contribution in [2.75, 3.05) is 20.1 Å². The van der Waals surface area contributed by atoms with Gasteiger partial charge >= 0.3 is 6.09 Å². The number of hydrogen-bond donors (Lipinski definition) is 2. The van der Waals surface area contributed by atoms with Crippen molar-refractivity contribution in [2.45, 2.75) is 6.92 Å². The van der Waals surface area contributed by atoms with Crippen LogP contribution in [-0.2, 0) is 0 Å². The van der Waals surface area contributed by atoms with Crippen molar-refractivity contribution in [1.29, 1.82) is 0 Å². The number of carbonyl (C=O) groups excluding carboxylic acids is 1. The van der Waals surface area contributed by atoms with Gasteiger partial charge in [-0.05, 0) is 31.7 Å². The third-order valence-corrected chi connectivity index (χ3v) is 2.25. The van der Waals surface area contributed by atoms with Crippen molar-refractivity contribution in [2.24, 2.45) is 0 Å². The lowest BCUT2D eigenvalue weighted by atomic mass is 10.2. The third-order valence-electron chi connectivity index (χ3n) is 1.93. The highest BCUT2D eigenvalue weighted by Crippen LogP contribution is 2.25. The molecule has 0 saturated heterocycles. The zero-order chi connectivity index (χ0) is 12.0. The normalized spacial score (nSPS) is 9.94. The number of halogens is 1. The van der Waals surface area contributed by atoms with Crippen molar-refractivity contribution in [3.8, 4) is 5.75 Å². The largest absolute Gasteiger partial charge is 0.412 e. The standard InChI is InChI=1S/C11H15ClN2O2/c1-8-3-4-9(12)10(7-8)16-11(15)14-6-5-13-2/h3-4,7,13H,5-6H2,1-2H3,(H,14,15). The Morgan fingerprint density at radius 1 is 1.44 bits per heavy atom. The van der Waals surface area contributed by atoms with Gasteiger partial charge in [0.05, 0.1) is 5.02 Å². The quantitative estimate of drug-likeness (QED) is 0.794. The van der Waals surface area contributed by atoms with E-state index in [4.69, 9.17) is 16.3 Å². The van der Waals surface area contributed by atoms with E-state index >= 15 is 0 Å². The highest BCUT2D eigenvalue weighted by Gasteiger charge is 2.07. The van der Waals surface area contributed by atoms with Gasteiger partial charge in [0, 0.05) is 13.1 Å². The van der Waals surface area contributed by atoms with Gasteiger partial charge in [-0.2, -0.15) is 0 Å². The molecular weight excluding hydrogens is 228 g/mol. The van der Waals surface area contributed by atoms with Crippen LogP contribution >= 0.6 is 11.6 Å². The van der Waals surface area contributed by atoms with Crippen LogP contribution in [0.25, 0.3) is 0 Å². The Labute approximate surface area is 99.9 Å². The van der Waals surface area contributed by atoms with Gasteiger partial charge in [-0.3, -0.25) is 0 Å². The van der Waals surface area contributed by atoms with Crippen molar-refractivity contribution < 1.29 is 9.53 Å². The van der Waals surface area contributed by atoms with Crippen LogP contribution in [0.2, 0.25) is 5.02 Å². The number of nitrogens with one attached hydrogen (secondary N) is 2. The van der Waals surface area contributed by atoms with E-state index in [0.29, 0.717) is 23.9 Å². The Morgan fingerprint density at radius 2 is 2.19 bits per heavy atom. The van der Waals surface area contributed by atoms with Gasteiger partial charge in [0.25, 0.3) is 0 Å². The second kappa shape index (κ2) is 6.35. The van der Waals surface area contributed by atoms with Crippen LogP contribution in [0.15, 0.2) is 18.2 Å². The summed E-state index contributed by atoms with van der Waals surface area (Å²) in [5.74, 6) is 0.378. The Hall–Kier alpha value is -1.26. The first-order valence-electron chi connectivity index (χ1n) is 5.00. The predicted octanol–water partition coefficient (Wildman–Crippen LogP) is 1.96. The zero-order valence-electron chi connectivity index (χ0n) is 9.34. The van der Waals surface area contributed by atoms with E-state index in [0.717, 1.165) is 5.56 Å². The highest BCUT2D eigenvalue weighted by molar-refractivity contribution is 6.32. The first-order chi connectivity index (χ1) is 7.63. The first kappa shape index (κ1) is 12.8. The van der Waals surface area contributed by atoms with Crippen molar-refractivity contribution in [3.05, 3.63) is 28.8 Å². The summed E-state index contributed by atoms with van der Waals surface area (Å²) in [7, 11) is 1.81. The Balaban J connectivity index is 2.52. The minimum Gasteiger partial charge on any atom is -0.409 e. The van der Waals surface area contributed by atoms with Gasteiger partial charge in [0.1, 0.15) is 0 Å². The number of carbonyl (C=O) groups is 1. The van der Waals surface area contributed by atoms with Gasteiger partial charge in [0.15, 0.2) is 5.75 Å². The maximum atomic E-state index is 11.3. The maximum absolute atomic E-state index is 11.3. The number of hydrogen-bond acceptors (Lipinski definition) is 3. The number of aryl methyl sites for hydroxylation is 1. The molecule has 1 rings (SSSR count). The Morgan fingerprint density at radius 3 is 2.88 bits per heavy atom. The molecule has 1 aromatic carbocycles. The Kier molecular flexibility index (Phi) is 5.08. The molecule has 0 saturated carbocycles. The molecular formula is C11H15ClN2O2. The van der Waals surface area contributed by atoms with Crippen LogP contribution in [0.5, 0.6) is 5.75 Å². The molecule has 0 spiro atoms. The fourth-order valence-corrected chi connectivity index (χ4v) is 1.27. The SMILES string of the molecule is CNCCNC(=O)Oc1cc(C)ccc1Cl.